The van der Waals surface area contributed by atoms with Crippen molar-refractivity contribution in [3.05, 3.63) is 59.7 Å². The molecule has 2 rings (SSSR count). The monoisotopic (exact) mass is 380 g/mol. The Morgan fingerprint density at radius 3 is 1.92 bits per heavy atom. The van der Waals surface area contributed by atoms with Crippen molar-refractivity contribution in [1.82, 2.24) is 0 Å². The van der Waals surface area contributed by atoms with Crippen LogP contribution in [0, 0.1) is 0 Å². The Hall–Kier alpha value is -1.57. The highest BCUT2D eigenvalue weighted by Crippen LogP contribution is 2.38. The number of carbonyl (C=O) groups excluding carboxylic acids is 2. The van der Waals surface area contributed by atoms with E-state index in [1.807, 2.05) is 36.4 Å². The Bertz CT molecular complexity index is 657. The lowest BCUT2D eigenvalue weighted by molar-refractivity contribution is 0.0588. The summed E-state index contributed by atoms with van der Waals surface area (Å²) in [4.78, 5) is 25.2. The Labute approximate surface area is 153 Å². The zero-order chi connectivity index (χ0) is 17.4. The quantitative estimate of drug-likeness (QED) is 0.226. The number of esters is 2. The van der Waals surface area contributed by atoms with E-state index in [0.717, 1.165) is 9.79 Å². The highest BCUT2D eigenvalue weighted by Gasteiger charge is 2.13. The van der Waals surface area contributed by atoms with Gasteiger partial charge in [0.2, 0.25) is 0 Å². The number of hydrogen-bond donors (Lipinski definition) is 0. The molecule has 0 bridgehead atoms. The molecule has 126 valence electrons. The number of carbonyl (C=O) groups is 2. The number of benzene rings is 2. The van der Waals surface area contributed by atoms with Crippen LogP contribution < -0.4 is 0 Å². The molecule has 0 saturated carbocycles. The largest absolute Gasteiger partial charge is 0.465 e. The third-order valence-electron chi connectivity index (χ3n) is 3.00. The van der Waals surface area contributed by atoms with E-state index < -0.39 is 0 Å². The predicted octanol–water partition coefficient (Wildman–Crippen LogP) is 4.75. The molecule has 0 radical (unpaired) electrons. The highest BCUT2D eigenvalue weighted by molar-refractivity contribution is 8.78. The van der Waals surface area contributed by atoms with Gasteiger partial charge in [-0.1, -0.05) is 45.9 Å². The maximum atomic E-state index is 11.7. The molecule has 0 heterocycles. The van der Waals surface area contributed by atoms with Gasteiger partial charge < -0.3 is 9.47 Å². The zero-order valence-electron chi connectivity index (χ0n) is 13.2. The molecule has 0 aromatic heterocycles. The van der Waals surface area contributed by atoms with Gasteiger partial charge in [0.15, 0.2) is 0 Å². The second-order valence-corrected chi connectivity index (χ2v) is 8.16. The lowest BCUT2D eigenvalue weighted by Crippen LogP contribution is -2.02. The molecule has 7 heteroatoms. The molecule has 0 N–H and O–H groups in total. The maximum absolute atomic E-state index is 11.7. The fourth-order valence-corrected chi connectivity index (χ4v) is 5.42. The lowest BCUT2D eigenvalue weighted by Gasteiger charge is -2.08. The summed E-state index contributed by atoms with van der Waals surface area (Å²) in [5.41, 5.74) is 1.11. The van der Waals surface area contributed by atoms with Crippen molar-refractivity contribution in [3.63, 3.8) is 0 Å². The van der Waals surface area contributed by atoms with Gasteiger partial charge in [-0.2, -0.15) is 0 Å². The van der Waals surface area contributed by atoms with Gasteiger partial charge in [-0.15, -0.1) is 11.8 Å². The van der Waals surface area contributed by atoms with Crippen LogP contribution in [0.2, 0.25) is 0 Å². The Balaban J connectivity index is 1.95. The van der Waals surface area contributed by atoms with Gasteiger partial charge >= 0.3 is 11.9 Å². The molecular weight excluding hydrogens is 364 g/mol. The first-order valence-electron chi connectivity index (χ1n) is 6.94. The highest BCUT2D eigenvalue weighted by atomic mass is 33.1. The number of thioether (sulfide) groups is 1. The predicted molar refractivity (Wildman–Crippen MR) is 99.7 cm³/mol. The summed E-state index contributed by atoms with van der Waals surface area (Å²) < 4.78 is 9.58. The van der Waals surface area contributed by atoms with Gasteiger partial charge in [-0.3, -0.25) is 0 Å². The molecule has 0 amide bonds. The lowest BCUT2D eigenvalue weighted by atomic mass is 10.2. The van der Waals surface area contributed by atoms with E-state index in [0.29, 0.717) is 16.2 Å². The molecule has 0 spiro atoms. The third kappa shape index (κ3) is 4.96. The molecule has 2 aromatic carbocycles. The average Bonchev–Trinajstić information content (AvgIpc) is 2.64. The summed E-state index contributed by atoms with van der Waals surface area (Å²) in [7, 11) is 5.84. The molecule has 0 aliphatic heterocycles. The van der Waals surface area contributed by atoms with E-state index in [1.54, 1.807) is 34.7 Å². The van der Waals surface area contributed by atoms with Crippen molar-refractivity contribution < 1.29 is 19.1 Å². The average molecular weight is 381 g/mol. The van der Waals surface area contributed by atoms with E-state index in [4.69, 9.17) is 9.47 Å². The number of ether oxygens (including phenoxy) is 2. The van der Waals surface area contributed by atoms with Gasteiger partial charge in [0.25, 0.3) is 0 Å². The fraction of sp³-hybridized carbons (Fsp3) is 0.176. The van der Waals surface area contributed by atoms with Crippen molar-refractivity contribution in [2.24, 2.45) is 0 Å². The van der Waals surface area contributed by atoms with Gasteiger partial charge in [-0.05, 0) is 24.3 Å². The minimum atomic E-state index is -0.345. The zero-order valence-corrected chi connectivity index (χ0v) is 15.6. The first kappa shape index (κ1) is 18.8. The molecular formula is C17H16O4S3. The topological polar surface area (TPSA) is 52.6 Å². The van der Waals surface area contributed by atoms with Crippen molar-refractivity contribution in [2.75, 3.05) is 19.3 Å². The summed E-state index contributed by atoms with van der Waals surface area (Å²) in [6.07, 6.45) is 0. The fourth-order valence-electron chi connectivity index (χ4n) is 1.86. The van der Waals surface area contributed by atoms with Crippen molar-refractivity contribution in [2.45, 2.75) is 9.79 Å². The van der Waals surface area contributed by atoms with Crippen LogP contribution in [0.25, 0.3) is 0 Å². The molecule has 0 saturated heterocycles. The smallest absolute Gasteiger partial charge is 0.339 e. The van der Waals surface area contributed by atoms with Crippen LogP contribution in [0.1, 0.15) is 20.7 Å². The van der Waals surface area contributed by atoms with E-state index >= 15 is 0 Å². The summed E-state index contributed by atoms with van der Waals surface area (Å²) in [6.45, 7) is 0. The molecule has 0 aliphatic rings. The Morgan fingerprint density at radius 2 is 1.33 bits per heavy atom. The summed E-state index contributed by atoms with van der Waals surface area (Å²) >= 11 is 1.56. The second-order valence-electron chi connectivity index (χ2n) is 4.44. The maximum Gasteiger partial charge on any atom is 0.339 e. The molecule has 0 fully saturated rings. The van der Waals surface area contributed by atoms with E-state index in [2.05, 4.69) is 0 Å². The molecule has 4 nitrogen and oxygen atoms in total. The molecule has 24 heavy (non-hydrogen) atoms. The number of rotatable bonds is 7. The van der Waals surface area contributed by atoms with Gasteiger partial charge in [0, 0.05) is 9.79 Å². The standard InChI is InChI=1S/C17H16O4S3/c1-20-16(18)12-7-3-5-9-14(12)22-11-23-24-15-10-6-4-8-13(15)17(19)21-2/h3-10H,11H2,1-2H3. The van der Waals surface area contributed by atoms with Crippen LogP contribution in [-0.4, -0.2) is 31.2 Å². The second kappa shape index (κ2) is 9.66. The summed E-state index contributed by atoms with van der Waals surface area (Å²) in [5, 5.41) is 0.716. The molecule has 0 aliphatic carbocycles. The first-order valence-corrected chi connectivity index (χ1v) is 10.2. The van der Waals surface area contributed by atoms with Crippen LogP contribution >= 0.6 is 33.3 Å². The number of hydrogen-bond acceptors (Lipinski definition) is 7. The van der Waals surface area contributed by atoms with Crippen molar-refractivity contribution >= 4 is 45.3 Å². The minimum Gasteiger partial charge on any atom is -0.465 e. The van der Waals surface area contributed by atoms with Crippen molar-refractivity contribution in [3.8, 4) is 0 Å². The summed E-state index contributed by atoms with van der Waals surface area (Å²) in [5.74, 6) is -0.686. The summed E-state index contributed by atoms with van der Waals surface area (Å²) in [6, 6.07) is 14.7. The number of methoxy groups -OCH3 is 2. The Kier molecular flexibility index (Phi) is 7.55. The van der Waals surface area contributed by atoms with Gasteiger partial charge in [-0.25, -0.2) is 9.59 Å². The molecule has 2 aromatic rings. The third-order valence-corrected chi connectivity index (χ3v) is 6.93. The van der Waals surface area contributed by atoms with Crippen LogP contribution in [0.5, 0.6) is 0 Å². The van der Waals surface area contributed by atoms with Crippen LogP contribution in [0.3, 0.4) is 0 Å². The normalized spacial score (nSPS) is 10.2. The molecule has 0 atom stereocenters. The van der Waals surface area contributed by atoms with Crippen LogP contribution in [0.4, 0.5) is 0 Å². The van der Waals surface area contributed by atoms with E-state index in [1.165, 1.54) is 25.0 Å². The van der Waals surface area contributed by atoms with Crippen LogP contribution in [-0.2, 0) is 9.47 Å². The van der Waals surface area contributed by atoms with E-state index in [9.17, 15) is 9.59 Å². The minimum absolute atomic E-state index is 0.341. The first-order chi connectivity index (χ1) is 11.7. The molecule has 0 unspecified atom stereocenters. The van der Waals surface area contributed by atoms with E-state index in [-0.39, 0.29) is 11.9 Å². The van der Waals surface area contributed by atoms with Crippen molar-refractivity contribution in [1.29, 1.82) is 0 Å². The SMILES string of the molecule is COC(=O)c1ccccc1SCSSc1ccccc1C(=O)OC. The van der Waals surface area contributed by atoms with Gasteiger partial charge in [0.1, 0.15) is 0 Å². The van der Waals surface area contributed by atoms with Gasteiger partial charge in [0.05, 0.1) is 30.4 Å². The van der Waals surface area contributed by atoms with Crippen LogP contribution in [0.15, 0.2) is 58.3 Å². The Morgan fingerprint density at radius 1 is 0.833 bits per heavy atom.